The van der Waals surface area contributed by atoms with Crippen LogP contribution in [-0.4, -0.2) is 119 Å². The van der Waals surface area contributed by atoms with Gasteiger partial charge >= 0.3 is 12.4 Å². The van der Waals surface area contributed by atoms with Crippen LogP contribution in [0.2, 0.25) is 5.02 Å². The van der Waals surface area contributed by atoms with Crippen LogP contribution in [0.15, 0.2) is 36.4 Å². The first-order chi connectivity index (χ1) is 28.1. The lowest BCUT2D eigenvalue weighted by Crippen LogP contribution is -2.60. The Labute approximate surface area is 352 Å². The first kappa shape index (κ1) is 45.0. The van der Waals surface area contributed by atoms with Crippen molar-refractivity contribution in [3.63, 3.8) is 0 Å². The van der Waals surface area contributed by atoms with Gasteiger partial charge < -0.3 is 20.3 Å². The Hall–Kier alpha value is -4.55. The number of halogens is 7. The molecule has 2 atom stereocenters. The number of nitriles is 1. The second kappa shape index (κ2) is 17.8. The Kier molecular flexibility index (Phi) is 13.4. The third kappa shape index (κ3) is 10.1. The molecule has 1 aliphatic carbocycles. The number of alkyl halides is 6. The van der Waals surface area contributed by atoms with Crippen molar-refractivity contribution in [1.29, 1.82) is 5.26 Å². The van der Waals surface area contributed by atoms with E-state index in [4.69, 9.17) is 28.6 Å². The molecule has 3 heterocycles. The van der Waals surface area contributed by atoms with E-state index in [9.17, 15) is 50.8 Å². The maximum absolute atomic E-state index is 14.3. The summed E-state index contributed by atoms with van der Waals surface area (Å²) in [5.74, 6) is -2.08. The highest BCUT2D eigenvalue weighted by molar-refractivity contribution is 7.80. The number of thiocarbonyl (C=S) groups is 1. The number of hydrogen-bond donors (Lipinski definition) is 3. The van der Waals surface area contributed by atoms with E-state index in [1.54, 1.807) is 23.6 Å². The lowest BCUT2D eigenvalue weighted by atomic mass is 9.89. The summed E-state index contributed by atoms with van der Waals surface area (Å²) in [4.78, 5) is 55.8. The van der Waals surface area contributed by atoms with Gasteiger partial charge in [-0.25, -0.2) is 0 Å². The fraction of sp³-hybridized carbons (Fsp3) is 0.538. The highest BCUT2D eigenvalue weighted by atomic mass is 35.5. The van der Waals surface area contributed by atoms with E-state index in [0.29, 0.717) is 31.4 Å². The van der Waals surface area contributed by atoms with Crippen molar-refractivity contribution in [3.8, 4) is 6.07 Å². The molecule has 3 N–H and O–H groups in total. The van der Waals surface area contributed by atoms with E-state index in [-0.39, 0.29) is 85.2 Å². The van der Waals surface area contributed by atoms with Crippen LogP contribution >= 0.6 is 23.8 Å². The lowest BCUT2D eigenvalue weighted by Gasteiger charge is -2.42. The summed E-state index contributed by atoms with van der Waals surface area (Å²) in [6.45, 7) is 2.98. The molecule has 0 spiro atoms. The summed E-state index contributed by atoms with van der Waals surface area (Å²) in [6.07, 6.45) is -7.08. The molecule has 3 saturated heterocycles. The van der Waals surface area contributed by atoms with E-state index < -0.39 is 65.4 Å². The minimum Gasteiger partial charge on any atom is -0.377 e. The van der Waals surface area contributed by atoms with Crippen LogP contribution in [0.25, 0.3) is 0 Å². The number of carbonyl (C=O) groups is 4. The molecule has 1 unspecified atom stereocenters. The number of piperazine rings is 1. The highest BCUT2D eigenvalue weighted by Crippen LogP contribution is 2.41. The van der Waals surface area contributed by atoms with Gasteiger partial charge in [-0.15, -0.1) is 0 Å². The van der Waals surface area contributed by atoms with Crippen molar-refractivity contribution in [2.24, 2.45) is 0 Å². The minimum absolute atomic E-state index is 0.0399. The maximum atomic E-state index is 14.3. The van der Waals surface area contributed by atoms with Gasteiger partial charge in [0.25, 0.3) is 5.91 Å². The molecule has 6 rings (SSSR count). The van der Waals surface area contributed by atoms with E-state index in [1.807, 2.05) is 0 Å². The second-order valence-corrected chi connectivity index (χ2v) is 16.5. The molecule has 2 aromatic carbocycles. The van der Waals surface area contributed by atoms with Gasteiger partial charge in [0.2, 0.25) is 17.7 Å². The van der Waals surface area contributed by atoms with Crippen LogP contribution < -0.4 is 20.9 Å². The third-order valence-electron chi connectivity index (χ3n) is 11.2. The number of anilines is 3. The van der Waals surface area contributed by atoms with Gasteiger partial charge in [0.15, 0.2) is 5.11 Å². The zero-order valence-electron chi connectivity index (χ0n) is 32.6. The van der Waals surface area contributed by atoms with Crippen LogP contribution in [0.4, 0.5) is 43.4 Å². The maximum Gasteiger partial charge on any atom is 0.417 e. The highest BCUT2D eigenvalue weighted by Gasteiger charge is 2.53. The quantitative estimate of drug-likeness (QED) is 0.146. The number of nitrogens with one attached hydrogen (secondary N) is 3. The molecule has 1 saturated carbocycles. The molecule has 2 aromatic rings. The average molecular weight is 885 g/mol. The Morgan fingerprint density at radius 3 is 2.37 bits per heavy atom. The molecule has 4 aliphatic rings. The first-order valence-corrected chi connectivity index (χ1v) is 20.1. The summed E-state index contributed by atoms with van der Waals surface area (Å²) < 4.78 is 90.2. The van der Waals surface area contributed by atoms with Crippen molar-refractivity contribution in [2.75, 3.05) is 54.9 Å². The minimum atomic E-state index is -4.82. The lowest BCUT2D eigenvalue weighted by molar-refractivity contribution is -0.197. The molecule has 324 valence electrons. The predicted octanol–water partition coefficient (Wildman–Crippen LogP) is 5.67. The Balaban J connectivity index is 0.980. The van der Waals surface area contributed by atoms with E-state index >= 15 is 0 Å². The fourth-order valence-electron chi connectivity index (χ4n) is 8.22. The monoisotopic (exact) mass is 884 g/mol. The van der Waals surface area contributed by atoms with Gasteiger partial charge in [-0.3, -0.25) is 39.2 Å². The standard InChI is InChI=1S/C39H43ClF6N8O5S/c1-37(2)35(58)53(27-4-3-22(19-47)29(18-27)38(41,42)43)36(60)54(37)26-5-7-28(8-6-26)59-14-13-51-11-12-52(31(20-51)39(44,45)46)21-33(56)49-25-16-23(40)15-24(17-25)48-30-9-10-32(55)50-34(30)57/h3-4,15-18,26,28,30-31,48H,5-14,20-21H2,1-2H3,(H,49,56)(H,50,55,57)/t26?,28?,30?,31-/m1/s1. The molecule has 21 heteroatoms. The zero-order chi connectivity index (χ0) is 43.7. The van der Waals surface area contributed by atoms with E-state index in [1.165, 1.54) is 30.3 Å². The number of benzene rings is 2. The summed E-state index contributed by atoms with van der Waals surface area (Å²) >= 11 is 11.9. The number of ether oxygens (including phenoxy) is 1. The average Bonchev–Trinajstić information content (AvgIpc) is 3.34. The number of hydrogen-bond acceptors (Lipinski definition) is 10. The van der Waals surface area contributed by atoms with E-state index in [2.05, 4.69) is 16.0 Å². The predicted molar refractivity (Wildman–Crippen MR) is 212 cm³/mol. The van der Waals surface area contributed by atoms with Gasteiger partial charge in [0.05, 0.1) is 42.1 Å². The van der Waals surface area contributed by atoms with Crippen LogP contribution in [-0.2, 0) is 30.1 Å². The van der Waals surface area contributed by atoms with Gasteiger partial charge in [-0.1, -0.05) is 11.6 Å². The molecule has 4 amide bonds. The first-order valence-electron chi connectivity index (χ1n) is 19.3. The number of amides is 4. The van der Waals surface area contributed by atoms with Crippen molar-refractivity contribution >= 4 is 69.6 Å². The van der Waals surface area contributed by atoms with Crippen LogP contribution in [0.1, 0.15) is 63.5 Å². The molecule has 0 aromatic heterocycles. The Morgan fingerprint density at radius 2 is 1.72 bits per heavy atom. The van der Waals surface area contributed by atoms with Crippen LogP contribution in [0.3, 0.4) is 0 Å². The second-order valence-electron chi connectivity index (χ2n) is 15.7. The smallest absolute Gasteiger partial charge is 0.377 e. The summed E-state index contributed by atoms with van der Waals surface area (Å²) in [5, 5.41) is 17.2. The van der Waals surface area contributed by atoms with E-state index in [0.717, 1.165) is 21.9 Å². The van der Waals surface area contributed by atoms with Gasteiger partial charge in [-0.05, 0) is 94.6 Å². The summed E-state index contributed by atoms with van der Waals surface area (Å²) in [7, 11) is 0. The van der Waals surface area contributed by atoms with Gasteiger partial charge in [0.1, 0.15) is 17.6 Å². The van der Waals surface area contributed by atoms with Gasteiger partial charge in [0, 0.05) is 55.0 Å². The SMILES string of the molecule is CC1(C)C(=O)N(c2ccc(C#N)c(C(F)(F)F)c2)C(=S)N1C1CCC(OCCN2CCN(CC(=O)Nc3cc(Cl)cc(NC4CCC(=O)NC4=O)c3)[C@@H](C(F)(F)F)C2)CC1. The molecule has 4 fully saturated rings. The molecule has 60 heavy (non-hydrogen) atoms. The third-order valence-corrected chi connectivity index (χ3v) is 11.8. The number of nitrogens with zero attached hydrogens (tertiary/aromatic N) is 5. The number of rotatable bonds is 11. The molecule has 0 radical (unpaired) electrons. The van der Waals surface area contributed by atoms with Crippen LogP contribution in [0, 0.1) is 11.3 Å². The van der Waals surface area contributed by atoms with Crippen LogP contribution in [0.5, 0.6) is 0 Å². The topological polar surface area (TPSA) is 150 Å². The molecule has 13 nitrogen and oxygen atoms in total. The van der Waals surface area contributed by atoms with Crippen molar-refractivity contribution in [1.82, 2.24) is 20.0 Å². The van der Waals surface area contributed by atoms with Gasteiger partial charge in [-0.2, -0.15) is 31.6 Å². The summed E-state index contributed by atoms with van der Waals surface area (Å²) in [5.41, 5.74) is -2.41. The largest absolute Gasteiger partial charge is 0.417 e. The molecular weight excluding hydrogens is 842 g/mol. The Morgan fingerprint density at radius 1 is 1.02 bits per heavy atom. The van der Waals surface area contributed by atoms with Crippen molar-refractivity contribution in [3.05, 3.63) is 52.5 Å². The number of piperidine rings is 1. The molecule has 0 bridgehead atoms. The van der Waals surface area contributed by atoms with Crippen molar-refractivity contribution in [2.45, 2.75) is 94.5 Å². The number of imide groups is 1. The number of carbonyl (C=O) groups excluding carboxylic acids is 4. The normalized spacial score (nSPS) is 24.3. The fourth-order valence-corrected chi connectivity index (χ4v) is 9.02. The summed E-state index contributed by atoms with van der Waals surface area (Å²) in [6, 6.07) is 6.14. The zero-order valence-corrected chi connectivity index (χ0v) is 34.2. The molecular formula is C39H43ClF6N8O5S. The molecule has 3 aliphatic heterocycles. The van der Waals surface area contributed by atoms with Crippen molar-refractivity contribution < 1.29 is 50.3 Å². The Bertz CT molecular complexity index is 2060.